The van der Waals surface area contributed by atoms with Crippen LogP contribution >= 0.6 is 11.6 Å². The van der Waals surface area contributed by atoms with Gasteiger partial charge >= 0.3 is 0 Å². The second kappa shape index (κ2) is 9.74. The summed E-state index contributed by atoms with van der Waals surface area (Å²) in [7, 11) is 0. The Balaban J connectivity index is 1.67. The number of carbonyl (C=O) groups excluding carboxylic acids is 2. The van der Waals surface area contributed by atoms with Crippen molar-refractivity contribution < 1.29 is 14.3 Å². The number of carbonyl (C=O) groups is 2. The fourth-order valence-electron chi connectivity index (χ4n) is 3.14. The number of nitrogens with zero attached hydrogens (tertiary/aromatic N) is 3. The molecular formula is C23H23ClN4O4. The van der Waals surface area contributed by atoms with E-state index in [0.717, 1.165) is 16.1 Å². The zero-order valence-corrected chi connectivity index (χ0v) is 18.9. The molecule has 0 unspecified atom stereocenters. The van der Waals surface area contributed by atoms with Gasteiger partial charge in [-0.05, 0) is 72.0 Å². The molecule has 3 rings (SSSR count). The largest absolute Gasteiger partial charge is 0.483 e. The summed E-state index contributed by atoms with van der Waals surface area (Å²) >= 11 is 5.88. The maximum atomic E-state index is 12.7. The van der Waals surface area contributed by atoms with Gasteiger partial charge in [0.25, 0.3) is 11.8 Å². The van der Waals surface area contributed by atoms with Crippen molar-refractivity contribution in [3.05, 3.63) is 68.7 Å². The van der Waals surface area contributed by atoms with Gasteiger partial charge in [-0.2, -0.15) is 0 Å². The van der Waals surface area contributed by atoms with Gasteiger partial charge in [0.1, 0.15) is 23.0 Å². The molecule has 32 heavy (non-hydrogen) atoms. The highest BCUT2D eigenvalue weighted by atomic mass is 35.5. The molecule has 0 bridgehead atoms. The average Bonchev–Trinajstić information content (AvgIpc) is 3.01. The van der Waals surface area contributed by atoms with Gasteiger partial charge in [0, 0.05) is 5.02 Å². The number of halogens is 1. The first-order valence-electron chi connectivity index (χ1n) is 9.96. The van der Waals surface area contributed by atoms with Gasteiger partial charge in [-0.1, -0.05) is 37.6 Å². The van der Waals surface area contributed by atoms with Gasteiger partial charge in [-0.25, -0.2) is 10.0 Å². The Morgan fingerprint density at radius 2 is 1.94 bits per heavy atom. The zero-order valence-electron chi connectivity index (χ0n) is 18.2. The Hall–Kier alpha value is -3.52. The molecule has 0 saturated heterocycles. The number of aliphatic imine (C=N–C) groups is 1. The summed E-state index contributed by atoms with van der Waals surface area (Å²) in [5.41, 5.74) is 5.22. The molecule has 0 aliphatic carbocycles. The van der Waals surface area contributed by atoms with Crippen molar-refractivity contribution in [3.63, 3.8) is 0 Å². The molecular weight excluding hydrogens is 432 g/mol. The Labute approximate surface area is 190 Å². The molecule has 0 atom stereocenters. The predicted molar refractivity (Wildman–Crippen MR) is 124 cm³/mol. The third-order valence-corrected chi connectivity index (χ3v) is 5.10. The molecule has 1 N–H and O–H groups in total. The van der Waals surface area contributed by atoms with E-state index in [-0.39, 0.29) is 18.2 Å². The van der Waals surface area contributed by atoms with Crippen LogP contribution in [0.4, 0.5) is 5.69 Å². The van der Waals surface area contributed by atoms with Crippen molar-refractivity contribution in [2.45, 2.75) is 33.6 Å². The van der Waals surface area contributed by atoms with E-state index in [0.29, 0.717) is 27.9 Å². The number of hydrogen-bond donors (Lipinski definition) is 1. The van der Waals surface area contributed by atoms with Crippen molar-refractivity contribution in [1.29, 1.82) is 0 Å². The quantitative estimate of drug-likeness (QED) is 0.475. The molecule has 8 nitrogen and oxygen atoms in total. The number of nitroso groups, excluding NO2 is 1. The number of amides is 2. The fourth-order valence-corrected chi connectivity index (χ4v) is 3.26. The Morgan fingerprint density at radius 3 is 2.56 bits per heavy atom. The monoisotopic (exact) mass is 454 g/mol. The van der Waals surface area contributed by atoms with E-state index in [9.17, 15) is 14.5 Å². The fraction of sp³-hybridized carbons (Fsp3) is 0.261. The number of amidine groups is 1. The second-order valence-electron chi connectivity index (χ2n) is 7.63. The predicted octanol–water partition coefficient (Wildman–Crippen LogP) is 4.88. The van der Waals surface area contributed by atoms with Crippen molar-refractivity contribution >= 4 is 41.0 Å². The van der Waals surface area contributed by atoms with Crippen LogP contribution in [-0.4, -0.2) is 29.3 Å². The number of nitrogens with one attached hydrogen (secondary N) is 1. The molecule has 0 saturated carbocycles. The number of benzene rings is 2. The minimum Gasteiger partial charge on any atom is -0.483 e. The molecule has 0 aromatic heterocycles. The third-order valence-electron chi connectivity index (χ3n) is 4.85. The number of aryl methyl sites for hydroxylation is 1. The molecule has 2 aromatic carbocycles. The van der Waals surface area contributed by atoms with Crippen molar-refractivity contribution in [1.82, 2.24) is 10.4 Å². The highest BCUT2D eigenvalue weighted by Crippen LogP contribution is 2.33. The first-order valence-corrected chi connectivity index (χ1v) is 10.3. The molecule has 166 valence electrons. The minimum atomic E-state index is -0.523. The maximum absolute atomic E-state index is 12.7. The Bertz CT molecular complexity index is 1120. The van der Waals surface area contributed by atoms with Crippen LogP contribution in [0.25, 0.3) is 6.08 Å². The smallest absolute Gasteiger partial charge is 0.296 e. The van der Waals surface area contributed by atoms with E-state index in [1.807, 2.05) is 13.8 Å². The first-order chi connectivity index (χ1) is 15.2. The standard InChI is InChI=1S/C23H23ClN4O4/c1-13(2)18-11-19(27-31)14(3)9-21(18)32-12-22(29)26-28-15(4)25-20(23(28)30)10-16-5-7-17(24)8-6-16/h5-11,13H,12H2,1-4H3,(H,26,29)/b20-10-. The molecule has 9 heteroatoms. The van der Waals surface area contributed by atoms with E-state index >= 15 is 0 Å². The van der Waals surface area contributed by atoms with E-state index in [1.54, 1.807) is 56.3 Å². The number of ether oxygens (including phenoxy) is 1. The van der Waals surface area contributed by atoms with Crippen molar-refractivity contribution in [2.75, 3.05) is 6.61 Å². The third kappa shape index (κ3) is 5.20. The van der Waals surface area contributed by atoms with E-state index in [4.69, 9.17) is 16.3 Å². The van der Waals surface area contributed by atoms with Crippen LogP contribution in [0.15, 0.2) is 52.3 Å². The normalized spacial score (nSPS) is 14.7. The Kier molecular flexibility index (Phi) is 7.05. The highest BCUT2D eigenvalue weighted by Gasteiger charge is 2.29. The maximum Gasteiger partial charge on any atom is 0.296 e. The lowest BCUT2D eigenvalue weighted by atomic mass is 9.99. The van der Waals surface area contributed by atoms with Crippen LogP contribution < -0.4 is 10.2 Å². The summed E-state index contributed by atoms with van der Waals surface area (Å²) in [5.74, 6) is -0.0917. The molecule has 1 aliphatic rings. The molecule has 0 radical (unpaired) electrons. The summed E-state index contributed by atoms with van der Waals surface area (Å²) in [6, 6.07) is 10.3. The summed E-state index contributed by atoms with van der Waals surface area (Å²) in [6.07, 6.45) is 1.62. The lowest BCUT2D eigenvalue weighted by molar-refractivity contribution is -0.134. The minimum absolute atomic E-state index is 0.0595. The zero-order chi connectivity index (χ0) is 23.4. The van der Waals surface area contributed by atoms with Gasteiger partial charge in [-0.3, -0.25) is 15.0 Å². The van der Waals surface area contributed by atoms with E-state index in [2.05, 4.69) is 15.6 Å². The molecule has 2 aromatic rings. The van der Waals surface area contributed by atoms with Gasteiger partial charge in [0.05, 0.1) is 0 Å². The number of rotatable bonds is 7. The van der Waals surface area contributed by atoms with Crippen LogP contribution in [0.5, 0.6) is 5.75 Å². The lowest BCUT2D eigenvalue weighted by Crippen LogP contribution is -2.47. The van der Waals surface area contributed by atoms with Crippen molar-refractivity contribution in [3.8, 4) is 5.75 Å². The van der Waals surface area contributed by atoms with E-state index < -0.39 is 11.8 Å². The van der Waals surface area contributed by atoms with Crippen LogP contribution in [-0.2, 0) is 9.59 Å². The average molecular weight is 455 g/mol. The lowest BCUT2D eigenvalue weighted by Gasteiger charge is -2.19. The van der Waals surface area contributed by atoms with Crippen LogP contribution in [0, 0.1) is 11.8 Å². The molecule has 0 fully saturated rings. The van der Waals surface area contributed by atoms with E-state index in [1.165, 1.54) is 0 Å². The number of hydrogen-bond acceptors (Lipinski definition) is 6. The molecule has 0 spiro atoms. The second-order valence-corrected chi connectivity index (χ2v) is 8.06. The topological polar surface area (TPSA) is 100 Å². The molecule has 1 aliphatic heterocycles. The summed E-state index contributed by atoms with van der Waals surface area (Å²) in [5, 5.41) is 4.70. The van der Waals surface area contributed by atoms with Gasteiger partial charge in [0.2, 0.25) is 0 Å². The summed E-state index contributed by atoms with van der Waals surface area (Å²) in [4.78, 5) is 40.4. The SMILES string of the molecule is CC1=N/C(=C\c2ccc(Cl)cc2)C(=O)N1NC(=O)COc1cc(C)c(N=O)cc1C(C)C. The summed E-state index contributed by atoms with van der Waals surface area (Å²) in [6.45, 7) is 6.94. The summed E-state index contributed by atoms with van der Waals surface area (Å²) < 4.78 is 5.69. The van der Waals surface area contributed by atoms with Crippen LogP contribution in [0.3, 0.4) is 0 Å². The molecule has 1 heterocycles. The number of hydrazine groups is 1. The van der Waals surface area contributed by atoms with Crippen molar-refractivity contribution in [2.24, 2.45) is 10.2 Å². The highest BCUT2D eigenvalue weighted by molar-refractivity contribution is 6.30. The van der Waals surface area contributed by atoms with Crippen LogP contribution in [0.1, 0.15) is 43.4 Å². The van der Waals surface area contributed by atoms with Gasteiger partial charge in [0.15, 0.2) is 6.61 Å². The van der Waals surface area contributed by atoms with Crippen LogP contribution in [0.2, 0.25) is 5.02 Å². The Morgan fingerprint density at radius 1 is 1.25 bits per heavy atom. The van der Waals surface area contributed by atoms with Gasteiger partial charge < -0.3 is 4.74 Å². The first kappa shape index (κ1) is 23.1. The molecule has 2 amide bonds. The van der Waals surface area contributed by atoms with Gasteiger partial charge in [-0.15, -0.1) is 4.91 Å².